The minimum absolute atomic E-state index is 0.129. The summed E-state index contributed by atoms with van der Waals surface area (Å²) in [6.45, 7) is 0.244. The number of hydrogen-bond donors (Lipinski definition) is 1. The Bertz CT molecular complexity index is 788. The molecule has 1 aromatic carbocycles. The molecule has 2 aromatic heterocycles. The number of para-hydroxylation sites is 1. The van der Waals surface area contributed by atoms with Gasteiger partial charge in [0.15, 0.2) is 5.75 Å². The van der Waals surface area contributed by atoms with Crippen LogP contribution in [0.4, 0.5) is 0 Å². The molecule has 5 nitrogen and oxygen atoms in total. The first-order valence-corrected chi connectivity index (χ1v) is 6.38. The molecule has 104 valence electrons. The zero-order chi connectivity index (χ0) is 14.7. The first-order chi connectivity index (χ1) is 10.3. The van der Waals surface area contributed by atoms with Gasteiger partial charge in [-0.2, -0.15) is 0 Å². The topological polar surface area (TPSA) is 72.3 Å². The van der Waals surface area contributed by atoms with E-state index in [9.17, 15) is 9.90 Å². The van der Waals surface area contributed by atoms with Gasteiger partial charge in [-0.15, -0.1) is 0 Å². The number of nitrogens with zero attached hydrogens (tertiary/aromatic N) is 2. The summed E-state index contributed by atoms with van der Waals surface area (Å²) in [5, 5.41) is 10.0. The SMILES string of the molecule is O=C(O)c1c(OCc2cccnc2)cnc2ccccc12. The third-order valence-corrected chi connectivity index (χ3v) is 3.07. The van der Waals surface area contributed by atoms with E-state index >= 15 is 0 Å². The quantitative estimate of drug-likeness (QED) is 0.795. The van der Waals surface area contributed by atoms with Crippen LogP contribution in [0.15, 0.2) is 55.0 Å². The zero-order valence-electron chi connectivity index (χ0n) is 11.1. The maximum absolute atomic E-state index is 11.5. The standard InChI is InChI=1S/C16H12N2O3/c19-16(20)15-12-5-1-2-6-13(12)18-9-14(15)21-10-11-4-3-7-17-8-11/h1-9H,10H2,(H,19,20). The highest BCUT2D eigenvalue weighted by Gasteiger charge is 2.16. The summed E-state index contributed by atoms with van der Waals surface area (Å²) in [6, 6.07) is 10.8. The lowest BCUT2D eigenvalue weighted by atomic mass is 10.1. The van der Waals surface area contributed by atoms with Gasteiger partial charge in [-0.25, -0.2) is 4.79 Å². The van der Waals surface area contributed by atoms with Gasteiger partial charge in [0, 0.05) is 23.3 Å². The Morgan fingerprint density at radius 3 is 2.76 bits per heavy atom. The molecular weight excluding hydrogens is 268 g/mol. The normalized spacial score (nSPS) is 10.5. The molecule has 0 unspecified atom stereocenters. The molecule has 0 saturated carbocycles. The number of fused-ring (bicyclic) bond motifs is 1. The van der Waals surface area contributed by atoms with Crippen LogP contribution in [0, 0.1) is 0 Å². The van der Waals surface area contributed by atoms with E-state index in [-0.39, 0.29) is 17.9 Å². The van der Waals surface area contributed by atoms with Crippen LogP contribution in [0.25, 0.3) is 10.9 Å². The number of carbonyl (C=O) groups is 1. The van der Waals surface area contributed by atoms with E-state index in [4.69, 9.17) is 4.74 Å². The predicted molar refractivity (Wildman–Crippen MR) is 77.3 cm³/mol. The van der Waals surface area contributed by atoms with Crippen molar-refractivity contribution in [3.05, 3.63) is 66.1 Å². The fraction of sp³-hybridized carbons (Fsp3) is 0.0625. The molecule has 0 amide bonds. The van der Waals surface area contributed by atoms with Gasteiger partial charge >= 0.3 is 5.97 Å². The minimum Gasteiger partial charge on any atom is -0.486 e. The molecule has 21 heavy (non-hydrogen) atoms. The van der Waals surface area contributed by atoms with Crippen molar-refractivity contribution in [2.75, 3.05) is 0 Å². The number of benzene rings is 1. The number of ether oxygens (including phenoxy) is 1. The van der Waals surface area contributed by atoms with Crippen LogP contribution in [-0.2, 0) is 6.61 Å². The van der Waals surface area contributed by atoms with Gasteiger partial charge in [0.05, 0.1) is 11.7 Å². The van der Waals surface area contributed by atoms with Crippen molar-refractivity contribution >= 4 is 16.9 Å². The van der Waals surface area contributed by atoms with Crippen LogP contribution in [-0.4, -0.2) is 21.0 Å². The number of rotatable bonds is 4. The maximum Gasteiger partial charge on any atom is 0.340 e. The minimum atomic E-state index is -1.03. The van der Waals surface area contributed by atoms with Crippen molar-refractivity contribution in [1.29, 1.82) is 0 Å². The molecule has 0 aliphatic carbocycles. The lowest BCUT2D eigenvalue weighted by Crippen LogP contribution is -2.05. The summed E-state index contributed by atoms with van der Waals surface area (Å²) in [6.07, 6.45) is 4.79. The Labute approximate surface area is 120 Å². The van der Waals surface area contributed by atoms with Crippen LogP contribution in [0.1, 0.15) is 15.9 Å². The van der Waals surface area contributed by atoms with Gasteiger partial charge in [-0.05, 0) is 12.1 Å². The molecule has 2 heterocycles. The monoisotopic (exact) mass is 280 g/mol. The Kier molecular flexibility index (Phi) is 3.47. The van der Waals surface area contributed by atoms with Crippen molar-refractivity contribution in [3.8, 4) is 5.75 Å². The van der Waals surface area contributed by atoms with E-state index in [1.807, 2.05) is 12.1 Å². The Morgan fingerprint density at radius 1 is 1.14 bits per heavy atom. The van der Waals surface area contributed by atoms with E-state index < -0.39 is 5.97 Å². The molecule has 0 aliphatic heterocycles. The van der Waals surface area contributed by atoms with Crippen molar-refractivity contribution in [1.82, 2.24) is 9.97 Å². The molecule has 0 atom stereocenters. The third kappa shape index (κ3) is 2.67. The second kappa shape index (κ2) is 5.58. The first-order valence-electron chi connectivity index (χ1n) is 6.38. The maximum atomic E-state index is 11.5. The van der Waals surface area contributed by atoms with Crippen molar-refractivity contribution in [2.24, 2.45) is 0 Å². The predicted octanol–water partition coefficient (Wildman–Crippen LogP) is 2.91. The van der Waals surface area contributed by atoms with E-state index in [1.165, 1.54) is 6.20 Å². The zero-order valence-corrected chi connectivity index (χ0v) is 11.1. The summed E-state index contributed by atoms with van der Waals surface area (Å²) in [4.78, 5) is 19.8. The number of aromatic nitrogens is 2. The summed E-state index contributed by atoms with van der Waals surface area (Å²) in [5.74, 6) is -0.778. The fourth-order valence-corrected chi connectivity index (χ4v) is 2.10. The van der Waals surface area contributed by atoms with Crippen LogP contribution in [0.5, 0.6) is 5.75 Å². The molecule has 0 spiro atoms. The Morgan fingerprint density at radius 2 is 2.00 bits per heavy atom. The fourth-order valence-electron chi connectivity index (χ4n) is 2.10. The molecule has 0 saturated heterocycles. The Hall–Kier alpha value is -2.95. The molecule has 3 rings (SSSR count). The van der Waals surface area contributed by atoms with Crippen LogP contribution in [0.3, 0.4) is 0 Å². The summed E-state index contributed by atoms with van der Waals surface area (Å²) in [5.41, 5.74) is 1.62. The highest BCUT2D eigenvalue weighted by molar-refractivity contribution is 6.04. The van der Waals surface area contributed by atoms with Gasteiger partial charge < -0.3 is 9.84 Å². The summed E-state index contributed by atoms with van der Waals surface area (Å²) < 4.78 is 5.61. The second-order valence-corrected chi connectivity index (χ2v) is 4.47. The highest BCUT2D eigenvalue weighted by Crippen LogP contribution is 2.26. The smallest absolute Gasteiger partial charge is 0.340 e. The second-order valence-electron chi connectivity index (χ2n) is 4.47. The number of carboxylic acid groups (broad SMARTS) is 1. The van der Waals surface area contributed by atoms with Gasteiger partial charge in [0.25, 0.3) is 0 Å². The van der Waals surface area contributed by atoms with E-state index in [2.05, 4.69) is 9.97 Å². The van der Waals surface area contributed by atoms with Gasteiger partial charge in [0.2, 0.25) is 0 Å². The third-order valence-electron chi connectivity index (χ3n) is 3.07. The number of pyridine rings is 2. The van der Waals surface area contributed by atoms with E-state index in [1.54, 1.807) is 36.7 Å². The summed E-state index contributed by atoms with van der Waals surface area (Å²) >= 11 is 0. The molecule has 3 aromatic rings. The lowest BCUT2D eigenvalue weighted by molar-refractivity contribution is 0.0694. The number of aromatic carboxylic acids is 1. The lowest BCUT2D eigenvalue weighted by Gasteiger charge is -2.10. The molecule has 1 N–H and O–H groups in total. The number of hydrogen-bond acceptors (Lipinski definition) is 4. The first kappa shape index (κ1) is 13.1. The summed E-state index contributed by atoms with van der Waals surface area (Å²) in [7, 11) is 0. The van der Waals surface area contributed by atoms with Crippen LogP contribution >= 0.6 is 0 Å². The molecule has 0 aliphatic rings. The van der Waals surface area contributed by atoms with Crippen LogP contribution < -0.4 is 4.74 Å². The average Bonchev–Trinajstić information content (AvgIpc) is 2.53. The van der Waals surface area contributed by atoms with Crippen molar-refractivity contribution in [2.45, 2.75) is 6.61 Å². The van der Waals surface area contributed by atoms with Gasteiger partial charge in [-0.1, -0.05) is 24.3 Å². The number of carboxylic acids is 1. The molecular formula is C16H12N2O3. The van der Waals surface area contributed by atoms with Crippen LogP contribution in [0.2, 0.25) is 0 Å². The molecule has 0 bridgehead atoms. The highest BCUT2D eigenvalue weighted by atomic mass is 16.5. The Balaban J connectivity index is 1.98. The molecule has 0 radical (unpaired) electrons. The van der Waals surface area contributed by atoms with Gasteiger partial charge in [0.1, 0.15) is 12.2 Å². The van der Waals surface area contributed by atoms with Crippen molar-refractivity contribution < 1.29 is 14.6 Å². The molecule has 5 heteroatoms. The van der Waals surface area contributed by atoms with Gasteiger partial charge in [-0.3, -0.25) is 9.97 Å². The van der Waals surface area contributed by atoms with Crippen molar-refractivity contribution in [3.63, 3.8) is 0 Å². The van der Waals surface area contributed by atoms with E-state index in [0.717, 1.165) is 5.56 Å². The largest absolute Gasteiger partial charge is 0.486 e. The molecule has 0 fully saturated rings. The van der Waals surface area contributed by atoms with E-state index in [0.29, 0.717) is 10.9 Å². The average molecular weight is 280 g/mol.